The summed E-state index contributed by atoms with van der Waals surface area (Å²) < 4.78 is 0. The van der Waals surface area contributed by atoms with Gasteiger partial charge in [-0.05, 0) is 30.9 Å². The molecule has 0 bridgehead atoms. The van der Waals surface area contributed by atoms with Gasteiger partial charge >= 0.3 is 0 Å². The van der Waals surface area contributed by atoms with Gasteiger partial charge in [-0.3, -0.25) is 5.21 Å². The predicted octanol–water partition coefficient (Wildman–Crippen LogP) is 3.24. The van der Waals surface area contributed by atoms with E-state index in [0.717, 1.165) is 18.2 Å². The highest BCUT2D eigenvalue weighted by atomic mass is 16.5. The lowest BCUT2D eigenvalue weighted by Crippen LogP contribution is -2.33. The summed E-state index contributed by atoms with van der Waals surface area (Å²) in [4.78, 5) is 2.31. The van der Waals surface area contributed by atoms with E-state index in [1.807, 2.05) is 18.2 Å². The molecule has 0 atom stereocenters. The van der Waals surface area contributed by atoms with Gasteiger partial charge in [0.05, 0.1) is 11.4 Å². The first-order chi connectivity index (χ1) is 8.34. The number of hydrogen-bond donors (Lipinski definition) is 1. The SMILES string of the molecule is ON1CN(CC2CCCCC2)c2ccccc21. The first-order valence-electron chi connectivity index (χ1n) is 6.65. The molecule has 0 spiro atoms. The summed E-state index contributed by atoms with van der Waals surface area (Å²) in [5, 5.41) is 11.2. The van der Waals surface area contributed by atoms with E-state index in [0.29, 0.717) is 6.67 Å². The average Bonchev–Trinajstić information content (AvgIpc) is 2.69. The van der Waals surface area contributed by atoms with Gasteiger partial charge in [0.25, 0.3) is 0 Å². The lowest BCUT2D eigenvalue weighted by Gasteiger charge is -2.28. The van der Waals surface area contributed by atoms with E-state index in [1.165, 1.54) is 42.9 Å². The molecule has 0 radical (unpaired) electrons. The minimum absolute atomic E-state index is 0.621. The molecule has 1 aliphatic heterocycles. The molecule has 0 saturated heterocycles. The van der Waals surface area contributed by atoms with Crippen molar-refractivity contribution in [3.8, 4) is 0 Å². The number of benzene rings is 1. The quantitative estimate of drug-likeness (QED) is 0.848. The Balaban J connectivity index is 1.72. The van der Waals surface area contributed by atoms with Crippen LogP contribution < -0.4 is 9.96 Å². The van der Waals surface area contributed by atoms with Crippen LogP contribution >= 0.6 is 0 Å². The van der Waals surface area contributed by atoms with Gasteiger partial charge in [0.15, 0.2) is 0 Å². The summed E-state index contributed by atoms with van der Waals surface area (Å²) in [7, 11) is 0. The van der Waals surface area contributed by atoms with Gasteiger partial charge in [-0.25, -0.2) is 5.06 Å². The maximum Gasteiger partial charge on any atom is 0.116 e. The summed E-state index contributed by atoms with van der Waals surface area (Å²) >= 11 is 0. The van der Waals surface area contributed by atoms with Crippen molar-refractivity contribution in [2.75, 3.05) is 23.2 Å². The molecule has 3 rings (SSSR count). The molecule has 1 saturated carbocycles. The molecule has 1 aliphatic carbocycles. The third-order valence-corrected chi connectivity index (χ3v) is 4.01. The molecule has 0 unspecified atom stereocenters. The zero-order valence-corrected chi connectivity index (χ0v) is 10.2. The second kappa shape index (κ2) is 4.57. The van der Waals surface area contributed by atoms with E-state index >= 15 is 0 Å². The number of nitrogens with zero attached hydrogens (tertiary/aromatic N) is 2. The van der Waals surface area contributed by atoms with Crippen LogP contribution in [0.4, 0.5) is 11.4 Å². The summed E-state index contributed by atoms with van der Waals surface area (Å²) in [5.41, 5.74) is 2.13. The van der Waals surface area contributed by atoms with E-state index < -0.39 is 0 Å². The Morgan fingerprint density at radius 1 is 1.06 bits per heavy atom. The first kappa shape index (κ1) is 10.9. The molecule has 92 valence electrons. The highest BCUT2D eigenvalue weighted by Gasteiger charge is 2.26. The van der Waals surface area contributed by atoms with Crippen molar-refractivity contribution in [1.29, 1.82) is 0 Å². The van der Waals surface area contributed by atoms with Crippen LogP contribution in [0.5, 0.6) is 0 Å². The average molecular weight is 232 g/mol. The van der Waals surface area contributed by atoms with Crippen molar-refractivity contribution in [3.63, 3.8) is 0 Å². The molecular weight excluding hydrogens is 212 g/mol. The van der Waals surface area contributed by atoms with Crippen LogP contribution in [-0.2, 0) is 0 Å². The van der Waals surface area contributed by atoms with Crippen molar-refractivity contribution in [2.45, 2.75) is 32.1 Å². The third kappa shape index (κ3) is 2.12. The maximum atomic E-state index is 9.87. The highest BCUT2D eigenvalue weighted by Crippen LogP contribution is 2.36. The zero-order chi connectivity index (χ0) is 11.7. The summed E-state index contributed by atoms with van der Waals surface area (Å²) in [6.07, 6.45) is 6.86. The molecule has 1 heterocycles. The molecule has 3 heteroatoms. The number of para-hydroxylation sites is 2. The van der Waals surface area contributed by atoms with E-state index in [1.54, 1.807) is 0 Å². The monoisotopic (exact) mass is 232 g/mol. The Hall–Kier alpha value is -1.22. The molecule has 0 amide bonds. The zero-order valence-electron chi connectivity index (χ0n) is 10.2. The Morgan fingerprint density at radius 2 is 1.76 bits per heavy atom. The second-order valence-electron chi connectivity index (χ2n) is 5.26. The number of anilines is 2. The van der Waals surface area contributed by atoms with E-state index in [2.05, 4.69) is 11.0 Å². The molecule has 1 N–H and O–H groups in total. The van der Waals surface area contributed by atoms with Crippen LogP contribution in [0.3, 0.4) is 0 Å². The van der Waals surface area contributed by atoms with E-state index in [4.69, 9.17) is 0 Å². The van der Waals surface area contributed by atoms with E-state index in [9.17, 15) is 5.21 Å². The van der Waals surface area contributed by atoms with Crippen LogP contribution in [0.1, 0.15) is 32.1 Å². The fraction of sp³-hybridized carbons (Fsp3) is 0.571. The largest absolute Gasteiger partial charge is 0.350 e. The fourth-order valence-electron chi connectivity index (χ4n) is 3.10. The van der Waals surface area contributed by atoms with Crippen molar-refractivity contribution in [1.82, 2.24) is 0 Å². The Kier molecular flexibility index (Phi) is 2.93. The summed E-state index contributed by atoms with van der Waals surface area (Å²) in [6, 6.07) is 8.11. The molecular formula is C14H20N2O. The lowest BCUT2D eigenvalue weighted by molar-refractivity contribution is 0.258. The van der Waals surface area contributed by atoms with Crippen molar-refractivity contribution in [2.24, 2.45) is 5.92 Å². The third-order valence-electron chi connectivity index (χ3n) is 4.01. The molecule has 1 fully saturated rings. The molecule has 3 nitrogen and oxygen atoms in total. The first-order valence-corrected chi connectivity index (χ1v) is 6.65. The van der Waals surface area contributed by atoms with Gasteiger partial charge in [-0.2, -0.15) is 0 Å². The van der Waals surface area contributed by atoms with Crippen LogP contribution in [0.2, 0.25) is 0 Å². The summed E-state index contributed by atoms with van der Waals surface area (Å²) in [6.45, 7) is 1.71. The number of fused-ring (bicyclic) bond motifs is 1. The number of hydroxylamine groups is 1. The number of rotatable bonds is 2. The Bertz CT molecular complexity index is 388. The molecule has 1 aromatic rings. The highest BCUT2D eigenvalue weighted by molar-refractivity contribution is 5.74. The Labute approximate surface area is 103 Å². The van der Waals surface area contributed by atoms with E-state index in [-0.39, 0.29) is 0 Å². The molecule has 1 aromatic carbocycles. The molecule has 17 heavy (non-hydrogen) atoms. The normalized spacial score (nSPS) is 20.8. The fourth-order valence-corrected chi connectivity index (χ4v) is 3.10. The van der Waals surface area contributed by atoms with Crippen molar-refractivity contribution in [3.05, 3.63) is 24.3 Å². The molecule has 0 aromatic heterocycles. The van der Waals surface area contributed by atoms with Gasteiger partial charge in [-0.15, -0.1) is 0 Å². The topological polar surface area (TPSA) is 26.7 Å². The summed E-state index contributed by atoms with van der Waals surface area (Å²) in [5.74, 6) is 0.809. The smallest absolute Gasteiger partial charge is 0.116 e. The van der Waals surface area contributed by atoms with Crippen LogP contribution in [-0.4, -0.2) is 18.4 Å². The predicted molar refractivity (Wildman–Crippen MR) is 69.5 cm³/mol. The number of hydrogen-bond acceptors (Lipinski definition) is 3. The minimum Gasteiger partial charge on any atom is -0.350 e. The van der Waals surface area contributed by atoms with Crippen LogP contribution in [0, 0.1) is 5.92 Å². The van der Waals surface area contributed by atoms with Gasteiger partial charge in [0.1, 0.15) is 6.67 Å². The van der Waals surface area contributed by atoms with Crippen molar-refractivity contribution < 1.29 is 5.21 Å². The maximum absolute atomic E-state index is 9.87. The standard InChI is InChI=1S/C14H20N2O/c17-16-11-15(10-12-6-2-1-3-7-12)13-8-4-5-9-14(13)16/h4-5,8-9,12,17H,1-3,6-7,10-11H2. The lowest BCUT2D eigenvalue weighted by atomic mass is 9.89. The van der Waals surface area contributed by atoms with Gasteiger partial charge in [0.2, 0.25) is 0 Å². The minimum atomic E-state index is 0.621. The van der Waals surface area contributed by atoms with Gasteiger partial charge in [-0.1, -0.05) is 31.4 Å². The van der Waals surface area contributed by atoms with Crippen molar-refractivity contribution >= 4 is 11.4 Å². The Morgan fingerprint density at radius 3 is 2.53 bits per heavy atom. The van der Waals surface area contributed by atoms with Gasteiger partial charge in [0, 0.05) is 6.54 Å². The van der Waals surface area contributed by atoms with Gasteiger partial charge < -0.3 is 4.90 Å². The second-order valence-corrected chi connectivity index (χ2v) is 5.26. The van der Waals surface area contributed by atoms with Crippen LogP contribution in [0.25, 0.3) is 0 Å². The molecule has 2 aliphatic rings. The van der Waals surface area contributed by atoms with Crippen LogP contribution in [0.15, 0.2) is 24.3 Å².